The van der Waals surface area contributed by atoms with Gasteiger partial charge in [-0.25, -0.2) is 0 Å². The predicted octanol–water partition coefficient (Wildman–Crippen LogP) is 3.43. The van der Waals surface area contributed by atoms with E-state index in [4.69, 9.17) is 0 Å². The average Bonchev–Trinajstić information content (AvgIpc) is 2.71. The van der Waals surface area contributed by atoms with E-state index in [0.29, 0.717) is 12.1 Å². The van der Waals surface area contributed by atoms with Gasteiger partial charge >= 0.3 is 0 Å². The fraction of sp³-hybridized carbons (Fsp3) is 0.571. The molecule has 1 aliphatic rings. The van der Waals surface area contributed by atoms with Crippen LogP contribution in [-0.4, -0.2) is 24.2 Å². The zero-order chi connectivity index (χ0) is 11.5. The van der Waals surface area contributed by atoms with Crippen LogP contribution in [0, 0.1) is 5.92 Å². The van der Waals surface area contributed by atoms with Crippen LogP contribution in [0.4, 0.5) is 4.39 Å². The molecular formula is C14H20FN. The number of halogens is 1. The maximum absolute atomic E-state index is 12.7. The van der Waals surface area contributed by atoms with Crippen molar-refractivity contribution in [3.05, 3.63) is 35.9 Å². The highest BCUT2D eigenvalue weighted by atomic mass is 19.1. The molecule has 0 saturated carbocycles. The number of alkyl halides is 1. The van der Waals surface area contributed by atoms with Crippen LogP contribution in [-0.2, 0) is 0 Å². The number of benzene rings is 1. The van der Waals surface area contributed by atoms with Gasteiger partial charge in [0.25, 0.3) is 0 Å². The van der Waals surface area contributed by atoms with Crippen LogP contribution in [0.25, 0.3) is 0 Å². The van der Waals surface area contributed by atoms with Gasteiger partial charge in [-0.3, -0.25) is 9.29 Å². The van der Waals surface area contributed by atoms with E-state index in [2.05, 4.69) is 43.0 Å². The fourth-order valence-corrected chi connectivity index (χ4v) is 2.75. The number of hydrogen-bond donors (Lipinski definition) is 0. The summed E-state index contributed by atoms with van der Waals surface area (Å²) in [5.74, 6) is 0.237. The molecule has 0 spiro atoms. The van der Waals surface area contributed by atoms with Crippen LogP contribution in [0.1, 0.15) is 31.9 Å². The first-order valence-electron chi connectivity index (χ1n) is 6.09. The van der Waals surface area contributed by atoms with Crippen LogP contribution in [0.3, 0.4) is 0 Å². The van der Waals surface area contributed by atoms with Crippen LogP contribution in [0.2, 0.25) is 0 Å². The summed E-state index contributed by atoms with van der Waals surface area (Å²) in [5.41, 5.74) is 1.33. The lowest BCUT2D eigenvalue weighted by Crippen LogP contribution is -2.30. The molecule has 2 unspecified atom stereocenters. The first kappa shape index (κ1) is 11.6. The lowest BCUT2D eigenvalue weighted by atomic mass is 10.1. The van der Waals surface area contributed by atoms with Crippen molar-refractivity contribution < 1.29 is 4.39 Å². The first-order chi connectivity index (χ1) is 7.72. The standard InChI is InChI=1S/C14H20FN/c1-11-8-13(9-15)10-16(11)12(2)14-6-4-3-5-7-14/h3-7,11-13H,8-10H2,1-2H3/t11?,12-,13?/m0/s1. The average molecular weight is 221 g/mol. The molecule has 0 aromatic heterocycles. The van der Waals surface area contributed by atoms with Crippen LogP contribution in [0.15, 0.2) is 30.3 Å². The smallest absolute Gasteiger partial charge is 0.0935 e. The van der Waals surface area contributed by atoms with E-state index < -0.39 is 0 Å². The van der Waals surface area contributed by atoms with Crippen molar-refractivity contribution in [3.8, 4) is 0 Å². The monoisotopic (exact) mass is 221 g/mol. The minimum absolute atomic E-state index is 0.178. The van der Waals surface area contributed by atoms with Crippen molar-refractivity contribution in [1.29, 1.82) is 0 Å². The van der Waals surface area contributed by atoms with Gasteiger partial charge in [0.1, 0.15) is 0 Å². The zero-order valence-corrected chi connectivity index (χ0v) is 10.1. The summed E-state index contributed by atoms with van der Waals surface area (Å²) in [6.07, 6.45) is 0.994. The molecule has 2 rings (SSSR count). The van der Waals surface area contributed by atoms with Crippen LogP contribution >= 0.6 is 0 Å². The maximum atomic E-state index is 12.7. The molecule has 1 aromatic carbocycles. The molecule has 1 heterocycles. The van der Waals surface area contributed by atoms with E-state index in [-0.39, 0.29) is 12.6 Å². The fourth-order valence-electron chi connectivity index (χ4n) is 2.75. The van der Waals surface area contributed by atoms with Gasteiger partial charge in [-0.1, -0.05) is 30.3 Å². The Labute approximate surface area is 97.3 Å². The van der Waals surface area contributed by atoms with E-state index in [1.165, 1.54) is 5.56 Å². The Kier molecular flexibility index (Phi) is 3.59. The number of hydrogen-bond acceptors (Lipinski definition) is 1. The van der Waals surface area contributed by atoms with Gasteiger partial charge < -0.3 is 0 Å². The van der Waals surface area contributed by atoms with E-state index >= 15 is 0 Å². The molecule has 0 amide bonds. The van der Waals surface area contributed by atoms with Gasteiger partial charge in [0, 0.05) is 24.5 Å². The normalized spacial score (nSPS) is 28.2. The predicted molar refractivity (Wildman–Crippen MR) is 65.1 cm³/mol. The molecule has 1 aliphatic heterocycles. The zero-order valence-electron chi connectivity index (χ0n) is 10.1. The van der Waals surface area contributed by atoms with Crippen LogP contribution < -0.4 is 0 Å². The van der Waals surface area contributed by atoms with E-state index in [0.717, 1.165) is 13.0 Å². The molecule has 1 fully saturated rings. The summed E-state index contributed by atoms with van der Waals surface area (Å²) in [4.78, 5) is 2.42. The topological polar surface area (TPSA) is 3.24 Å². The van der Waals surface area contributed by atoms with Crippen molar-refractivity contribution >= 4 is 0 Å². The SMILES string of the molecule is CC1CC(CF)CN1[C@@H](C)c1ccccc1. The Morgan fingerprint density at radius 1 is 1.38 bits per heavy atom. The molecule has 2 heteroatoms. The Morgan fingerprint density at radius 2 is 2.06 bits per heavy atom. The van der Waals surface area contributed by atoms with Gasteiger partial charge in [-0.15, -0.1) is 0 Å². The highest BCUT2D eigenvalue weighted by molar-refractivity contribution is 5.18. The minimum atomic E-state index is -0.178. The Bertz CT molecular complexity index is 325. The summed E-state index contributed by atoms with van der Waals surface area (Å²) < 4.78 is 12.7. The number of rotatable bonds is 3. The minimum Gasteiger partial charge on any atom is -0.294 e. The summed E-state index contributed by atoms with van der Waals surface area (Å²) in [6.45, 7) is 5.14. The van der Waals surface area contributed by atoms with Gasteiger partial charge in [-0.05, 0) is 25.8 Å². The van der Waals surface area contributed by atoms with Crippen LogP contribution in [0.5, 0.6) is 0 Å². The second-order valence-corrected chi connectivity index (χ2v) is 4.89. The molecule has 1 nitrogen and oxygen atoms in total. The third-order valence-electron chi connectivity index (χ3n) is 3.71. The molecule has 16 heavy (non-hydrogen) atoms. The second kappa shape index (κ2) is 4.96. The quantitative estimate of drug-likeness (QED) is 0.756. The van der Waals surface area contributed by atoms with Gasteiger partial charge in [0.15, 0.2) is 0 Å². The Morgan fingerprint density at radius 3 is 2.62 bits per heavy atom. The summed E-state index contributed by atoms with van der Waals surface area (Å²) in [6, 6.07) is 11.4. The first-order valence-corrected chi connectivity index (χ1v) is 6.09. The van der Waals surface area contributed by atoms with E-state index in [1.54, 1.807) is 0 Å². The third-order valence-corrected chi connectivity index (χ3v) is 3.71. The van der Waals surface area contributed by atoms with E-state index in [9.17, 15) is 4.39 Å². The summed E-state index contributed by atoms with van der Waals surface area (Å²) >= 11 is 0. The number of nitrogens with zero attached hydrogens (tertiary/aromatic N) is 1. The molecule has 1 saturated heterocycles. The second-order valence-electron chi connectivity index (χ2n) is 4.89. The molecule has 0 bridgehead atoms. The lowest BCUT2D eigenvalue weighted by molar-refractivity contribution is 0.197. The lowest BCUT2D eigenvalue weighted by Gasteiger charge is -2.28. The molecule has 0 N–H and O–H groups in total. The highest BCUT2D eigenvalue weighted by Gasteiger charge is 2.32. The highest BCUT2D eigenvalue weighted by Crippen LogP contribution is 2.31. The van der Waals surface area contributed by atoms with Crippen molar-refractivity contribution in [2.45, 2.75) is 32.4 Å². The molecule has 88 valence electrons. The molecule has 0 radical (unpaired) electrons. The van der Waals surface area contributed by atoms with Crippen molar-refractivity contribution in [2.75, 3.05) is 13.2 Å². The Hall–Kier alpha value is -0.890. The summed E-state index contributed by atoms with van der Waals surface area (Å²) in [5, 5.41) is 0. The van der Waals surface area contributed by atoms with Gasteiger partial charge in [0.05, 0.1) is 6.67 Å². The van der Waals surface area contributed by atoms with Crippen molar-refractivity contribution in [1.82, 2.24) is 4.90 Å². The van der Waals surface area contributed by atoms with Gasteiger partial charge in [0.2, 0.25) is 0 Å². The maximum Gasteiger partial charge on any atom is 0.0935 e. The van der Waals surface area contributed by atoms with Crippen molar-refractivity contribution in [3.63, 3.8) is 0 Å². The summed E-state index contributed by atoms with van der Waals surface area (Å²) in [7, 11) is 0. The Balaban J connectivity index is 2.08. The molecular weight excluding hydrogens is 201 g/mol. The van der Waals surface area contributed by atoms with E-state index in [1.807, 2.05) is 6.07 Å². The number of likely N-dealkylation sites (tertiary alicyclic amines) is 1. The molecule has 3 atom stereocenters. The largest absolute Gasteiger partial charge is 0.294 e. The third kappa shape index (κ3) is 2.27. The van der Waals surface area contributed by atoms with Gasteiger partial charge in [-0.2, -0.15) is 0 Å². The molecule has 1 aromatic rings. The van der Waals surface area contributed by atoms with Crippen molar-refractivity contribution in [2.24, 2.45) is 5.92 Å². The molecule has 0 aliphatic carbocycles.